The molecule has 0 bridgehead atoms. The molecule has 3 unspecified atom stereocenters. The zero-order valence-electron chi connectivity index (χ0n) is 11.8. The van der Waals surface area contributed by atoms with Crippen molar-refractivity contribution in [1.29, 1.82) is 0 Å². The number of rotatable bonds is 7. The molecule has 0 amide bonds. The Morgan fingerprint density at radius 2 is 1.94 bits per heavy atom. The lowest BCUT2D eigenvalue weighted by molar-refractivity contribution is -0.132. The van der Waals surface area contributed by atoms with Gasteiger partial charge in [0.1, 0.15) is 6.79 Å². The van der Waals surface area contributed by atoms with Crippen LogP contribution in [-0.4, -0.2) is 33.2 Å². The van der Waals surface area contributed by atoms with E-state index in [0.29, 0.717) is 37.9 Å². The molecule has 0 aromatic rings. The first-order valence-electron chi connectivity index (χ1n) is 6.83. The third kappa shape index (κ3) is 5.36. The van der Waals surface area contributed by atoms with Crippen LogP contribution < -0.4 is 0 Å². The summed E-state index contributed by atoms with van der Waals surface area (Å²) in [7, 11) is 1.68. The van der Waals surface area contributed by atoms with Crippen LogP contribution in [0.15, 0.2) is 0 Å². The quantitative estimate of drug-likeness (QED) is 0.509. The van der Waals surface area contributed by atoms with Crippen LogP contribution in [-0.2, 0) is 14.2 Å². The minimum Gasteiger partial charge on any atom is -0.382 e. The molecule has 0 aromatic heterocycles. The molecule has 0 heterocycles. The molecule has 3 nitrogen and oxygen atoms in total. The molecule has 3 heteroatoms. The van der Waals surface area contributed by atoms with Crippen LogP contribution in [0.25, 0.3) is 0 Å². The van der Waals surface area contributed by atoms with Crippen molar-refractivity contribution < 1.29 is 14.2 Å². The highest BCUT2D eigenvalue weighted by Gasteiger charge is 2.31. The van der Waals surface area contributed by atoms with Gasteiger partial charge >= 0.3 is 0 Å². The monoisotopic (exact) mass is 244 g/mol. The highest BCUT2D eigenvalue weighted by Crippen LogP contribution is 2.35. The predicted molar refractivity (Wildman–Crippen MR) is 68.9 cm³/mol. The molecular formula is C14H28O3. The molecule has 1 aliphatic rings. The lowest BCUT2D eigenvalue weighted by Gasteiger charge is -2.37. The van der Waals surface area contributed by atoms with Gasteiger partial charge in [0.2, 0.25) is 0 Å². The van der Waals surface area contributed by atoms with E-state index in [9.17, 15) is 0 Å². The Balaban J connectivity index is 2.26. The van der Waals surface area contributed by atoms with Crippen molar-refractivity contribution in [3.05, 3.63) is 0 Å². The first-order valence-corrected chi connectivity index (χ1v) is 6.83. The van der Waals surface area contributed by atoms with Crippen molar-refractivity contribution >= 4 is 0 Å². The summed E-state index contributed by atoms with van der Waals surface area (Å²) in [5.41, 5.74) is 0. The fourth-order valence-corrected chi connectivity index (χ4v) is 2.64. The van der Waals surface area contributed by atoms with E-state index in [4.69, 9.17) is 14.2 Å². The summed E-state index contributed by atoms with van der Waals surface area (Å²) in [5.74, 6) is 2.18. The minimum absolute atomic E-state index is 0.376. The Labute approximate surface area is 106 Å². The summed E-state index contributed by atoms with van der Waals surface area (Å²) in [6.45, 7) is 8.57. The lowest BCUT2D eigenvalue weighted by atomic mass is 9.75. The molecule has 1 saturated carbocycles. The van der Waals surface area contributed by atoms with Crippen LogP contribution in [0.1, 0.15) is 40.0 Å². The largest absolute Gasteiger partial charge is 0.382 e. The maximum Gasteiger partial charge on any atom is 0.147 e. The fourth-order valence-electron chi connectivity index (χ4n) is 2.64. The highest BCUT2D eigenvalue weighted by molar-refractivity contribution is 4.81. The second-order valence-corrected chi connectivity index (χ2v) is 5.55. The minimum atomic E-state index is 0.376. The van der Waals surface area contributed by atoms with Crippen LogP contribution in [0.2, 0.25) is 0 Å². The van der Waals surface area contributed by atoms with Gasteiger partial charge in [-0.15, -0.1) is 0 Å². The third-order valence-electron chi connectivity index (χ3n) is 3.76. The van der Waals surface area contributed by atoms with E-state index in [1.807, 2.05) is 0 Å². The van der Waals surface area contributed by atoms with E-state index < -0.39 is 0 Å². The first-order chi connectivity index (χ1) is 8.15. The average molecular weight is 244 g/mol. The molecule has 1 rings (SSSR count). The average Bonchev–Trinajstić information content (AvgIpc) is 2.28. The second kappa shape index (κ2) is 8.06. The normalized spacial score (nSPS) is 29.8. The number of hydrogen-bond donors (Lipinski definition) is 0. The van der Waals surface area contributed by atoms with Crippen LogP contribution in [0.4, 0.5) is 0 Å². The van der Waals surface area contributed by atoms with E-state index in [1.54, 1.807) is 7.11 Å². The first kappa shape index (κ1) is 14.9. The van der Waals surface area contributed by atoms with Gasteiger partial charge in [-0.2, -0.15) is 0 Å². The zero-order valence-corrected chi connectivity index (χ0v) is 11.8. The molecule has 3 atom stereocenters. The van der Waals surface area contributed by atoms with E-state index in [2.05, 4.69) is 20.8 Å². The molecule has 0 N–H and O–H groups in total. The number of methoxy groups -OCH3 is 1. The van der Waals surface area contributed by atoms with Crippen molar-refractivity contribution in [1.82, 2.24) is 0 Å². The van der Waals surface area contributed by atoms with E-state index >= 15 is 0 Å². The molecule has 0 aromatic carbocycles. The van der Waals surface area contributed by atoms with Crippen LogP contribution in [0.5, 0.6) is 0 Å². The molecular weight excluding hydrogens is 216 g/mol. The summed E-state index contributed by atoms with van der Waals surface area (Å²) >= 11 is 0. The SMILES string of the molecule is COCCOCOC1CC(C)CCC1C(C)C. The van der Waals surface area contributed by atoms with Crippen LogP contribution in [0.3, 0.4) is 0 Å². The summed E-state index contributed by atoms with van der Waals surface area (Å²) in [5, 5.41) is 0. The van der Waals surface area contributed by atoms with Crippen LogP contribution in [0, 0.1) is 17.8 Å². The fraction of sp³-hybridized carbons (Fsp3) is 1.00. The van der Waals surface area contributed by atoms with Gasteiger partial charge in [0.15, 0.2) is 0 Å². The summed E-state index contributed by atoms with van der Waals surface area (Å²) in [4.78, 5) is 0. The Bertz CT molecular complexity index is 194. The maximum atomic E-state index is 5.90. The summed E-state index contributed by atoms with van der Waals surface area (Å²) < 4.78 is 16.2. The van der Waals surface area contributed by atoms with Gasteiger partial charge in [-0.05, 0) is 30.6 Å². The molecule has 17 heavy (non-hydrogen) atoms. The highest BCUT2D eigenvalue weighted by atomic mass is 16.7. The topological polar surface area (TPSA) is 27.7 Å². The lowest BCUT2D eigenvalue weighted by Crippen LogP contribution is -2.34. The van der Waals surface area contributed by atoms with Gasteiger partial charge in [0, 0.05) is 7.11 Å². The van der Waals surface area contributed by atoms with Crippen molar-refractivity contribution in [2.75, 3.05) is 27.1 Å². The predicted octanol–water partition coefficient (Wildman–Crippen LogP) is 3.08. The van der Waals surface area contributed by atoms with Crippen molar-refractivity contribution in [2.45, 2.75) is 46.1 Å². The molecule has 0 spiro atoms. The zero-order chi connectivity index (χ0) is 12.7. The molecule has 0 radical (unpaired) electrons. The molecule has 1 aliphatic carbocycles. The summed E-state index contributed by atoms with van der Waals surface area (Å²) in [6.07, 6.45) is 4.19. The van der Waals surface area contributed by atoms with Gasteiger partial charge < -0.3 is 14.2 Å². The summed E-state index contributed by atoms with van der Waals surface area (Å²) in [6, 6.07) is 0. The Morgan fingerprint density at radius 1 is 1.18 bits per heavy atom. The van der Waals surface area contributed by atoms with Gasteiger partial charge in [0.05, 0.1) is 19.3 Å². The molecule has 0 aliphatic heterocycles. The second-order valence-electron chi connectivity index (χ2n) is 5.55. The molecule has 0 saturated heterocycles. The Hall–Kier alpha value is -0.120. The number of ether oxygens (including phenoxy) is 3. The van der Waals surface area contributed by atoms with Gasteiger partial charge in [-0.25, -0.2) is 0 Å². The van der Waals surface area contributed by atoms with Gasteiger partial charge in [0.25, 0.3) is 0 Å². The smallest absolute Gasteiger partial charge is 0.147 e. The van der Waals surface area contributed by atoms with E-state index in [-0.39, 0.29) is 0 Å². The van der Waals surface area contributed by atoms with Crippen molar-refractivity contribution in [2.24, 2.45) is 17.8 Å². The van der Waals surface area contributed by atoms with E-state index in [1.165, 1.54) is 19.3 Å². The number of hydrogen-bond acceptors (Lipinski definition) is 3. The van der Waals surface area contributed by atoms with Crippen molar-refractivity contribution in [3.63, 3.8) is 0 Å². The van der Waals surface area contributed by atoms with Gasteiger partial charge in [-0.1, -0.05) is 27.2 Å². The Kier molecular flexibility index (Phi) is 7.09. The Morgan fingerprint density at radius 3 is 2.59 bits per heavy atom. The van der Waals surface area contributed by atoms with Crippen molar-refractivity contribution in [3.8, 4) is 0 Å². The van der Waals surface area contributed by atoms with Gasteiger partial charge in [-0.3, -0.25) is 0 Å². The standard InChI is InChI=1S/C14H28O3/c1-11(2)13-6-5-12(3)9-14(13)17-10-16-8-7-15-4/h11-14H,5-10H2,1-4H3. The maximum absolute atomic E-state index is 5.90. The third-order valence-corrected chi connectivity index (χ3v) is 3.76. The molecule has 1 fully saturated rings. The molecule has 102 valence electrons. The van der Waals surface area contributed by atoms with Crippen LogP contribution >= 0.6 is 0 Å². The van der Waals surface area contributed by atoms with E-state index in [0.717, 1.165) is 5.92 Å².